The second kappa shape index (κ2) is 4.97. The first-order valence-electron chi connectivity index (χ1n) is 5.11. The van der Waals surface area contributed by atoms with Crippen molar-refractivity contribution in [3.63, 3.8) is 0 Å². The molecule has 1 aromatic heterocycles. The van der Waals surface area contributed by atoms with Crippen molar-refractivity contribution < 1.29 is 4.79 Å². The standard InChI is InChI=1S/C10H17BrN4O/c1-5(2)9(10(16)13-12)15-7(4)8(11)6(3)14-15/h5,9H,12H2,1-4H3,(H,13,16). The predicted octanol–water partition coefficient (Wildman–Crippen LogP) is 1.45. The fraction of sp³-hybridized carbons (Fsp3) is 0.600. The zero-order chi connectivity index (χ0) is 12.5. The molecular formula is C10H17BrN4O. The average Bonchev–Trinajstić information content (AvgIpc) is 2.46. The number of hydrogen-bond donors (Lipinski definition) is 2. The molecule has 0 saturated carbocycles. The van der Waals surface area contributed by atoms with Gasteiger partial charge >= 0.3 is 0 Å². The maximum atomic E-state index is 11.7. The first-order chi connectivity index (χ1) is 7.40. The fourth-order valence-electron chi connectivity index (χ4n) is 1.70. The van der Waals surface area contributed by atoms with Crippen LogP contribution in [0.2, 0.25) is 0 Å². The summed E-state index contributed by atoms with van der Waals surface area (Å²) < 4.78 is 2.65. The van der Waals surface area contributed by atoms with Crippen LogP contribution in [0.3, 0.4) is 0 Å². The minimum absolute atomic E-state index is 0.119. The number of aromatic nitrogens is 2. The molecule has 0 fully saturated rings. The zero-order valence-electron chi connectivity index (χ0n) is 9.91. The summed E-state index contributed by atoms with van der Waals surface area (Å²) in [4.78, 5) is 11.7. The minimum atomic E-state index is -0.380. The van der Waals surface area contributed by atoms with E-state index in [-0.39, 0.29) is 17.9 Å². The second-order valence-corrected chi connectivity index (χ2v) is 4.92. The van der Waals surface area contributed by atoms with Crippen molar-refractivity contribution in [2.75, 3.05) is 0 Å². The van der Waals surface area contributed by atoms with E-state index < -0.39 is 0 Å². The van der Waals surface area contributed by atoms with Gasteiger partial charge in [-0.15, -0.1) is 0 Å². The summed E-state index contributed by atoms with van der Waals surface area (Å²) in [7, 11) is 0. The lowest BCUT2D eigenvalue weighted by Crippen LogP contribution is -2.40. The largest absolute Gasteiger partial charge is 0.292 e. The molecule has 16 heavy (non-hydrogen) atoms. The maximum Gasteiger partial charge on any atom is 0.259 e. The number of rotatable bonds is 3. The number of aryl methyl sites for hydroxylation is 1. The molecule has 1 rings (SSSR count). The Hall–Kier alpha value is -0.880. The Balaban J connectivity index is 3.21. The smallest absolute Gasteiger partial charge is 0.259 e. The van der Waals surface area contributed by atoms with E-state index >= 15 is 0 Å². The Morgan fingerprint density at radius 3 is 2.38 bits per heavy atom. The molecule has 0 spiro atoms. The third kappa shape index (κ3) is 2.27. The number of hydrazine groups is 1. The molecule has 1 aromatic rings. The normalized spacial score (nSPS) is 12.9. The monoisotopic (exact) mass is 288 g/mol. The summed E-state index contributed by atoms with van der Waals surface area (Å²) in [5.41, 5.74) is 3.98. The topological polar surface area (TPSA) is 72.9 Å². The van der Waals surface area contributed by atoms with Crippen molar-refractivity contribution in [2.24, 2.45) is 11.8 Å². The van der Waals surface area contributed by atoms with Gasteiger partial charge in [-0.2, -0.15) is 5.10 Å². The highest BCUT2D eigenvalue weighted by atomic mass is 79.9. The Bertz CT molecular complexity index is 400. The summed E-state index contributed by atoms with van der Waals surface area (Å²) in [5, 5.41) is 4.35. The second-order valence-electron chi connectivity index (χ2n) is 4.13. The highest BCUT2D eigenvalue weighted by Crippen LogP contribution is 2.26. The van der Waals surface area contributed by atoms with E-state index in [1.807, 2.05) is 27.7 Å². The van der Waals surface area contributed by atoms with E-state index in [1.165, 1.54) is 0 Å². The van der Waals surface area contributed by atoms with Crippen LogP contribution in [0, 0.1) is 19.8 Å². The van der Waals surface area contributed by atoms with Crippen LogP contribution >= 0.6 is 15.9 Å². The molecular weight excluding hydrogens is 272 g/mol. The van der Waals surface area contributed by atoms with Crippen LogP contribution in [0.25, 0.3) is 0 Å². The van der Waals surface area contributed by atoms with Crippen LogP contribution in [0.1, 0.15) is 31.3 Å². The quantitative estimate of drug-likeness (QED) is 0.502. The molecule has 1 heterocycles. The number of carbonyl (C=O) groups excluding carboxylic acids is 1. The van der Waals surface area contributed by atoms with Gasteiger partial charge in [-0.1, -0.05) is 13.8 Å². The molecule has 1 atom stereocenters. The van der Waals surface area contributed by atoms with E-state index in [1.54, 1.807) is 4.68 Å². The van der Waals surface area contributed by atoms with Crippen molar-refractivity contribution in [1.29, 1.82) is 0 Å². The predicted molar refractivity (Wildman–Crippen MR) is 65.6 cm³/mol. The van der Waals surface area contributed by atoms with Gasteiger partial charge in [0.1, 0.15) is 6.04 Å². The molecule has 6 heteroatoms. The number of carbonyl (C=O) groups is 1. The number of amides is 1. The van der Waals surface area contributed by atoms with Crippen LogP contribution in [0.4, 0.5) is 0 Å². The van der Waals surface area contributed by atoms with Gasteiger partial charge in [0.2, 0.25) is 0 Å². The molecule has 1 unspecified atom stereocenters. The van der Waals surface area contributed by atoms with Crippen molar-refractivity contribution in [2.45, 2.75) is 33.7 Å². The first kappa shape index (κ1) is 13.2. The van der Waals surface area contributed by atoms with Crippen LogP contribution in [0.15, 0.2) is 4.47 Å². The van der Waals surface area contributed by atoms with E-state index in [2.05, 4.69) is 26.5 Å². The van der Waals surface area contributed by atoms with Crippen molar-refractivity contribution in [3.05, 3.63) is 15.9 Å². The molecule has 0 aliphatic heterocycles. The van der Waals surface area contributed by atoms with E-state index in [0.717, 1.165) is 15.9 Å². The van der Waals surface area contributed by atoms with E-state index in [0.29, 0.717) is 0 Å². The molecule has 0 saturated heterocycles. The van der Waals surface area contributed by atoms with Crippen molar-refractivity contribution in [3.8, 4) is 0 Å². The third-order valence-electron chi connectivity index (χ3n) is 2.54. The SMILES string of the molecule is Cc1nn(C(C(=O)NN)C(C)C)c(C)c1Br. The molecule has 0 radical (unpaired) electrons. The van der Waals surface area contributed by atoms with Gasteiger partial charge < -0.3 is 0 Å². The summed E-state index contributed by atoms with van der Waals surface area (Å²) in [6.45, 7) is 7.74. The number of hydrogen-bond acceptors (Lipinski definition) is 3. The van der Waals surface area contributed by atoms with Crippen LogP contribution in [-0.2, 0) is 4.79 Å². The Kier molecular flexibility index (Phi) is 4.09. The van der Waals surface area contributed by atoms with Gasteiger partial charge in [0.05, 0.1) is 15.9 Å². The molecule has 3 N–H and O–H groups in total. The highest BCUT2D eigenvalue weighted by molar-refractivity contribution is 9.10. The highest BCUT2D eigenvalue weighted by Gasteiger charge is 2.26. The molecule has 0 aliphatic carbocycles. The maximum absolute atomic E-state index is 11.7. The zero-order valence-corrected chi connectivity index (χ0v) is 11.5. The molecule has 0 bridgehead atoms. The van der Waals surface area contributed by atoms with Gasteiger partial charge in [-0.05, 0) is 35.7 Å². The summed E-state index contributed by atoms with van der Waals surface area (Å²) in [5.74, 6) is 5.08. The van der Waals surface area contributed by atoms with Gasteiger partial charge in [0, 0.05) is 0 Å². The molecule has 5 nitrogen and oxygen atoms in total. The van der Waals surface area contributed by atoms with Crippen LogP contribution in [-0.4, -0.2) is 15.7 Å². The Morgan fingerprint density at radius 1 is 1.50 bits per heavy atom. The lowest BCUT2D eigenvalue weighted by Gasteiger charge is -2.20. The molecule has 90 valence electrons. The van der Waals surface area contributed by atoms with E-state index in [9.17, 15) is 4.79 Å². The minimum Gasteiger partial charge on any atom is -0.292 e. The van der Waals surface area contributed by atoms with Crippen molar-refractivity contribution in [1.82, 2.24) is 15.2 Å². The van der Waals surface area contributed by atoms with Gasteiger partial charge in [-0.25, -0.2) is 5.84 Å². The molecule has 0 aliphatic rings. The van der Waals surface area contributed by atoms with Crippen LogP contribution in [0.5, 0.6) is 0 Å². The Morgan fingerprint density at radius 2 is 2.06 bits per heavy atom. The Labute approximate surface area is 103 Å². The lowest BCUT2D eigenvalue weighted by atomic mass is 10.0. The summed E-state index contributed by atoms with van der Waals surface area (Å²) >= 11 is 3.44. The number of nitrogens with zero attached hydrogens (tertiary/aromatic N) is 2. The summed E-state index contributed by atoms with van der Waals surface area (Å²) in [6.07, 6.45) is 0. The average molecular weight is 289 g/mol. The number of nitrogens with one attached hydrogen (secondary N) is 1. The van der Waals surface area contributed by atoms with Gasteiger partial charge in [0.15, 0.2) is 0 Å². The third-order valence-corrected chi connectivity index (χ3v) is 3.69. The molecule has 1 amide bonds. The van der Waals surface area contributed by atoms with Crippen molar-refractivity contribution >= 4 is 21.8 Å². The first-order valence-corrected chi connectivity index (χ1v) is 5.91. The lowest BCUT2D eigenvalue weighted by molar-refractivity contribution is -0.126. The van der Waals surface area contributed by atoms with E-state index in [4.69, 9.17) is 5.84 Å². The van der Waals surface area contributed by atoms with Crippen LogP contribution < -0.4 is 11.3 Å². The number of nitrogens with two attached hydrogens (primary N) is 1. The number of halogens is 1. The molecule has 0 aromatic carbocycles. The fourth-order valence-corrected chi connectivity index (χ4v) is 1.96. The van der Waals surface area contributed by atoms with Gasteiger partial charge in [-0.3, -0.25) is 14.9 Å². The summed E-state index contributed by atoms with van der Waals surface area (Å²) in [6, 6.07) is -0.380. The van der Waals surface area contributed by atoms with Gasteiger partial charge in [0.25, 0.3) is 5.91 Å².